The summed E-state index contributed by atoms with van der Waals surface area (Å²) in [6, 6.07) is 7.23. The molecule has 2 N–H and O–H groups in total. The van der Waals surface area contributed by atoms with Crippen molar-refractivity contribution in [2.45, 2.75) is 58.5 Å². The van der Waals surface area contributed by atoms with Gasteiger partial charge < -0.3 is 10.6 Å². The predicted molar refractivity (Wildman–Crippen MR) is 89.1 cm³/mol. The van der Waals surface area contributed by atoms with Gasteiger partial charge in [-0.2, -0.15) is 0 Å². The topological polar surface area (TPSA) is 58.2 Å². The summed E-state index contributed by atoms with van der Waals surface area (Å²) in [5.74, 6) is 0.557. The summed E-state index contributed by atoms with van der Waals surface area (Å²) in [5.41, 5.74) is 1.28. The van der Waals surface area contributed by atoms with Crippen molar-refractivity contribution in [3.63, 3.8) is 0 Å². The van der Waals surface area contributed by atoms with Crippen molar-refractivity contribution < 1.29 is 9.59 Å². The van der Waals surface area contributed by atoms with Crippen LogP contribution in [0.3, 0.4) is 0 Å². The van der Waals surface area contributed by atoms with Crippen LogP contribution in [0.5, 0.6) is 0 Å². The third kappa shape index (κ3) is 4.41. The minimum atomic E-state index is -0.244. The number of anilines is 1. The minimum absolute atomic E-state index is 0.00157. The van der Waals surface area contributed by atoms with Gasteiger partial charge in [-0.3, -0.25) is 9.59 Å². The zero-order valence-electron chi connectivity index (χ0n) is 13.7. The van der Waals surface area contributed by atoms with Crippen LogP contribution in [0, 0.1) is 5.92 Å². The molecule has 1 aromatic rings. The molecule has 3 unspecified atom stereocenters. The molecule has 0 aliphatic heterocycles. The van der Waals surface area contributed by atoms with E-state index in [1.807, 2.05) is 6.92 Å². The summed E-state index contributed by atoms with van der Waals surface area (Å²) >= 11 is 0. The summed E-state index contributed by atoms with van der Waals surface area (Å²) in [6.45, 7) is 5.67. The standard InChI is InChI=1S/C18H26N2O2/c1-12-7-4-5-10-17(12)19-13(2)18(22)20-16-9-6-8-15(11-16)14(3)21/h6,8-9,11-13,17,19H,4-5,7,10H2,1-3H3,(H,20,22). The second kappa shape index (κ2) is 7.54. The lowest BCUT2D eigenvalue weighted by Gasteiger charge is -2.31. The first-order valence-electron chi connectivity index (χ1n) is 8.15. The van der Waals surface area contributed by atoms with Crippen molar-refractivity contribution in [2.75, 3.05) is 5.32 Å². The SMILES string of the molecule is CC(=O)c1cccc(NC(=O)C(C)NC2CCCCC2C)c1. The zero-order chi connectivity index (χ0) is 16.1. The number of rotatable bonds is 5. The van der Waals surface area contributed by atoms with E-state index in [-0.39, 0.29) is 17.7 Å². The number of amides is 1. The molecule has 1 amide bonds. The number of carbonyl (C=O) groups is 2. The van der Waals surface area contributed by atoms with Gasteiger partial charge >= 0.3 is 0 Å². The van der Waals surface area contributed by atoms with Gasteiger partial charge in [0.15, 0.2) is 5.78 Å². The molecule has 0 heterocycles. The Kier molecular flexibility index (Phi) is 5.72. The maximum absolute atomic E-state index is 12.3. The summed E-state index contributed by atoms with van der Waals surface area (Å²) in [4.78, 5) is 23.7. The quantitative estimate of drug-likeness (QED) is 0.820. The van der Waals surface area contributed by atoms with Gasteiger partial charge in [0.2, 0.25) is 5.91 Å². The van der Waals surface area contributed by atoms with Crippen molar-refractivity contribution in [1.29, 1.82) is 0 Å². The summed E-state index contributed by atoms with van der Waals surface area (Å²) in [7, 11) is 0. The molecule has 4 nitrogen and oxygen atoms in total. The fourth-order valence-corrected chi connectivity index (χ4v) is 3.03. The summed E-state index contributed by atoms with van der Waals surface area (Å²) < 4.78 is 0. The number of benzene rings is 1. The van der Waals surface area contributed by atoms with Crippen molar-refractivity contribution in [3.8, 4) is 0 Å². The molecule has 3 atom stereocenters. The van der Waals surface area contributed by atoms with Gasteiger partial charge in [0.1, 0.15) is 0 Å². The highest BCUT2D eigenvalue weighted by Gasteiger charge is 2.24. The Bertz CT molecular complexity index is 542. The number of hydrogen-bond donors (Lipinski definition) is 2. The highest BCUT2D eigenvalue weighted by Crippen LogP contribution is 2.24. The Morgan fingerprint density at radius 2 is 1.95 bits per heavy atom. The van der Waals surface area contributed by atoms with E-state index in [0.29, 0.717) is 23.2 Å². The first-order valence-corrected chi connectivity index (χ1v) is 8.15. The maximum Gasteiger partial charge on any atom is 0.241 e. The van der Waals surface area contributed by atoms with Gasteiger partial charge in [0.25, 0.3) is 0 Å². The van der Waals surface area contributed by atoms with E-state index in [1.165, 1.54) is 26.2 Å². The first kappa shape index (κ1) is 16.7. The molecular weight excluding hydrogens is 276 g/mol. The molecule has 0 bridgehead atoms. The first-order chi connectivity index (χ1) is 10.5. The molecule has 1 aliphatic carbocycles. The molecule has 1 saturated carbocycles. The second-order valence-electron chi connectivity index (χ2n) is 6.38. The van der Waals surface area contributed by atoms with E-state index in [9.17, 15) is 9.59 Å². The van der Waals surface area contributed by atoms with Crippen LogP contribution in [0.1, 0.15) is 56.8 Å². The lowest BCUT2D eigenvalue weighted by molar-refractivity contribution is -0.118. The molecule has 1 aromatic carbocycles. The summed E-state index contributed by atoms with van der Waals surface area (Å²) in [5, 5.41) is 6.33. The minimum Gasteiger partial charge on any atom is -0.325 e. The molecule has 22 heavy (non-hydrogen) atoms. The van der Waals surface area contributed by atoms with Gasteiger partial charge in [-0.25, -0.2) is 0 Å². The van der Waals surface area contributed by atoms with Gasteiger partial charge in [0, 0.05) is 17.3 Å². The van der Waals surface area contributed by atoms with Crippen molar-refractivity contribution in [1.82, 2.24) is 5.32 Å². The normalized spacial score (nSPS) is 22.9. The monoisotopic (exact) mass is 302 g/mol. The highest BCUT2D eigenvalue weighted by atomic mass is 16.2. The average molecular weight is 302 g/mol. The lowest BCUT2D eigenvalue weighted by atomic mass is 9.85. The van der Waals surface area contributed by atoms with E-state index in [0.717, 1.165) is 6.42 Å². The molecule has 1 aliphatic rings. The molecule has 120 valence electrons. The van der Waals surface area contributed by atoms with Crippen LogP contribution in [-0.4, -0.2) is 23.8 Å². The second-order valence-corrected chi connectivity index (χ2v) is 6.38. The Morgan fingerprint density at radius 1 is 1.23 bits per heavy atom. The predicted octanol–water partition coefficient (Wildman–Crippen LogP) is 3.38. The number of carbonyl (C=O) groups excluding carboxylic acids is 2. The van der Waals surface area contributed by atoms with Gasteiger partial charge in [-0.1, -0.05) is 31.9 Å². The Morgan fingerprint density at radius 3 is 2.64 bits per heavy atom. The van der Waals surface area contributed by atoms with E-state index in [1.54, 1.807) is 24.3 Å². The van der Waals surface area contributed by atoms with Gasteiger partial charge in [0.05, 0.1) is 6.04 Å². The molecule has 0 aromatic heterocycles. The van der Waals surface area contributed by atoms with Crippen molar-refractivity contribution in [3.05, 3.63) is 29.8 Å². The van der Waals surface area contributed by atoms with Gasteiger partial charge in [-0.15, -0.1) is 0 Å². The van der Waals surface area contributed by atoms with Crippen LogP contribution in [0.4, 0.5) is 5.69 Å². The van der Waals surface area contributed by atoms with E-state index >= 15 is 0 Å². The van der Waals surface area contributed by atoms with Crippen LogP contribution >= 0.6 is 0 Å². The molecular formula is C18H26N2O2. The van der Waals surface area contributed by atoms with Crippen LogP contribution in [0.25, 0.3) is 0 Å². The third-order valence-corrected chi connectivity index (χ3v) is 4.51. The van der Waals surface area contributed by atoms with Crippen LogP contribution in [-0.2, 0) is 4.79 Å². The van der Waals surface area contributed by atoms with Gasteiger partial charge in [-0.05, 0) is 44.7 Å². The number of hydrogen-bond acceptors (Lipinski definition) is 3. The molecule has 0 saturated heterocycles. The Labute approximate surface area is 132 Å². The molecule has 2 rings (SSSR count). The van der Waals surface area contributed by atoms with Crippen molar-refractivity contribution >= 4 is 17.4 Å². The highest BCUT2D eigenvalue weighted by molar-refractivity contribution is 5.98. The fourth-order valence-electron chi connectivity index (χ4n) is 3.03. The lowest BCUT2D eigenvalue weighted by Crippen LogP contribution is -2.47. The Hall–Kier alpha value is -1.68. The maximum atomic E-state index is 12.3. The van der Waals surface area contributed by atoms with Crippen molar-refractivity contribution in [2.24, 2.45) is 5.92 Å². The Balaban J connectivity index is 1.93. The molecule has 4 heteroatoms. The number of ketones is 1. The average Bonchev–Trinajstić information content (AvgIpc) is 2.49. The van der Waals surface area contributed by atoms with Crippen LogP contribution < -0.4 is 10.6 Å². The smallest absolute Gasteiger partial charge is 0.241 e. The van der Waals surface area contributed by atoms with E-state index in [2.05, 4.69) is 17.6 Å². The third-order valence-electron chi connectivity index (χ3n) is 4.51. The summed E-state index contributed by atoms with van der Waals surface area (Å²) in [6.07, 6.45) is 4.89. The van der Waals surface area contributed by atoms with Crippen LogP contribution in [0.15, 0.2) is 24.3 Å². The fraction of sp³-hybridized carbons (Fsp3) is 0.556. The zero-order valence-corrected chi connectivity index (χ0v) is 13.7. The molecule has 0 spiro atoms. The molecule has 0 radical (unpaired) electrons. The van der Waals surface area contributed by atoms with E-state index < -0.39 is 0 Å². The van der Waals surface area contributed by atoms with E-state index in [4.69, 9.17) is 0 Å². The largest absolute Gasteiger partial charge is 0.325 e. The number of nitrogens with one attached hydrogen (secondary N) is 2. The van der Waals surface area contributed by atoms with Crippen LogP contribution in [0.2, 0.25) is 0 Å². The number of Topliss-reactive ketones (excluding diaryl/α,β-unsaturated/α-hetero) is 1. The molecule has 1 fully saturated rings.